The van der Waals surface area contributed by atoms with Crippen molar-refractivity contribution in [1.29, 1.82) is 0 Å². The molecule has 0 unspecified atom stereocenters. The zero-order valence-electron chi connectivity index (χ0n) is 9.83. The maximum Gasteiger partial charge on any atom is 0.168 e. The number of halogens is 1. The second kappa shape index (κ2) is 3.22. The fourth-order valence-electron chi connectivity index (χ4n) is 2.47. The van der Waals surface area contributed by atoms with E-state index in [1.165, 1.54) is 0 Å². The van der Waals surface area contributed by atoms with E-state index in [9.17, 15) is 8.42 Å². The normalized spacial score (nSPS) is 24.1. The molecule has 1 aromatic rings. The minimum Gasteiger partial charge on any atom is -0.227 e. The smallest absolute Gasteiger partial charge is 0.168 e. The fraction of sp³-hybridized carbons (Fsp3) is 0.500. The zero-order valence-corrected chi connectivity index (χ0v) is 12.8. The van der Waals surface area contributed by atoms with Crippen molar-refractivity contribution in [3.63, 3.8) is 0 Å². The summed E-state index contributed by atoms with van der Waals surface area (Å²) in [6.45, 7) is 7.18. The van der Waals surface area contributed by atoms with E-state index in [2.05, 4.69) is 22.6 Å². The second-order valence-electron chi connectivity index (χ2n) is 5.21. The summed E-state index contributed by atoms with van der Waals surface area (Å²) in [5, 5.41) is 0. The molecule has 1 aliphatic rings. The molecule has 0 saturated carbocycles. The van der Waals surface area contributed by atoms with E-state index in [-0.39, 0.29) is 0 Å². The maximum absolute atomic E-state index is 12.5. The molecule has 88 valence electrons. The van der Waals surface area contributed by atoms with Gasteiger partial charge in [-0.1, -0.05) is 6.07 Å². The molecule has 0 radical (unpaired) electrons. The van der Waals surface area contributed by atoms with Gasteiger partial charge in [0.05, 0.1) is 9.49 Å². The van der Waals surface area contributed by atoms with E-state index in [4.69, 9.17) is 0 Å². The van der Waals surface area contributed by atoms with E-state index in [1.54, 1.807) is 27.7 Å². The first kappa shape index (κ1) is 12.4. The van der Waals surface area contributed by atoms with Crippen LogP contribution < -0.4 is 0 Å². The van der Waals surface area contributed by atoms with Crippen molar-refractivity contribution in [1.82, 2.24) is 0 Å². The quantitative estimate of drug-likeness (QED) is 0.674. The van der Waals surface area contributed by atoms with E-state index in [0.717, 1.165) is 14.7 Å². The van der Waals surface area contributed by atoms with Gasteiger partial charge in [0.1, 0.15) is 0 Å². The van der Waals surface area contributed by atoms with Crippen molar-refractivity contribution in [2.24, 2.45) is 0 Å². The predicted molar refractivity (Wildman–Crippen MR) is 74.1 cm³/mol. The Balaban J connectivity index is 2.90. The first-order chi connectivity index (χ1) is 7.12. The molecule has 1 aliphatic heterocycles. The Bertz CT molecular complexity index is 556. The Morgan fingerprint density at radius 1 is 1.00 bits per heavy atom. The van der Waals surface area contributed by atoms with Crippen molar-refractivity contribution in [3.8, 4) is 0 Å². The molecule has 0 saturated heterocycles. The summed E-state index contributed by atoms with van der Waals surface area (Å²) >= 11 is 2.22. The summed E-state index contributed by atoms with van der Waals surface area (Å²) < 4.78 is 24.5. The molecule has 0 aliphatic carbocycles. The molecule has 1 aromatic carbocycles. The molecule has 0 fully saturated rings. The first-order valence-corrected chi connectivity index (χ1v) is 7.73. The molecular weight excluding hydrogens is 335 g/mol. The van der Waals surface area contributed by atoms with Crippen LogP contribution in [0.3, 0.4) is 0 Å². The van der Waals surface area contributed by atoms with Crippen LogP contribution in [0.5, 0.6) is 0 Å². The van der Waals surface area contributed by atoms with Gasteiger partial charge in [0, 0.05) is 3.57 Å². The molecular formula is C12H15IO2S. The average molecular weight is 350 g/mol. The van der Waals surface area contributed by atoms with Crippen LogP contribution in [-0.4, -0.2) is 8.42 Å². The summed E-state index contributed by atoms with van der Waals surface area (Å²) in [5.41, 5.74) is 1.89. The van der Waals surface area contributed by atoms with Crippen LogP contribution in [0.1, 0.15) is 38.8 Å². The van der Waals surface area contributed by atoms with E-state index in [1.807, 2.05) is 18.2 Å². The van der Waals surface area contributed by atoms with Gasteiger partial charge < -0.3 is 0 Å². The highest BCUT2D eigenvalue weighted by atomic mass is 127. The standard InChI is InChI=1S/C12H15IO2S/c1-11(2)9-6-5-8(13)7-10(9)12(3,4)16(11,14)15/h5-7H,1-4H3. The number of rotatable bonds is 0. The minimum atomic E-state index is -3.18. The molecule has 0 N–H and O–H groups in total. The van der Waals surface area contributed by atoms with Gasteiger partial charge in [0.25, 0.3) is 0 Å². The molecule has 0 aromatic heterocycles. The zero-order chi connectivity index (χ0) is 12.4. The maximum atomic E-state index is 12.5. The summed E-state index contributed by atoms with van der Waals surface area (Å²) in [7, 11) is -3.18. The van der Waals surface area contributed by atoms with Gasteiger partial charge >= 0.3 is 0 Å². The predicted octanol–water partition coefficient (Wildman–Crippen LogP) is 3.19. The highest BCUT2D eigenvalue weighted by molar-refractivity contribution is 14.1. The molecule has 4 heteroatoms. The number of hydrogen-bond donors (Lipinski definition) is 0. The number of benzene rings is 1. The third kappa shape index (κ3) is 1.26. The van der Waals surface area contributed by atoms with Gasteiger partial charge in [-0.3, -0.25) is 0 Å². The van der Waals surface area contributed by atoms with Crippen LogP contribution in [0.15, 0.2) is 18.2 Å². The van der Waals surface area contributed by atoms with E-state index in [0.29, 0.717) is 0 Å². The number of fused-ring (bicyclic) bond motifs is 1. The van der Waals surface area contributed by atoms with Crippen molar-refractivity contribution in [3.05, 3.63) is 32.9 Å². The van der Waals surface area contributed by atoms with Crippen LogP contribution >= 0.6 is 22.6 Å². The number of hydrogen-bond acceptors (Lipinski definition) is 2. The highest BCUT2D eigenvalue weighted by Gasteiger charge is 2.56. The molecule has 0 bridgehead atoms. The van der Waals surface area contributed by atoms with Crippen LogP contribution in [-0.2, 0) is 19.3 Å². The Labute approximate surface area is 111 Å². The summed E-state index contributed by atoms with van der Waals surface area (Å²) in [4.78, 5) is 0. The van der Waals surface area contributed by atoms with Crippen LogP contribution in [0.4, 0.5) is 0 Å². The molecule has 1 heterocycles. The molecule has 0 spiro atoms. The summed E-state index contributed by atoms with van der Waals surface area (Å²) in [5.74, 6) is 0. The van der Waals surface area contributed by atoms with Gasteiger partial charge in [-0.15, -0.1) is 0 Å². The van der Waals surface area contributed by atoms with E-state index < -0.39 is 19.3 Å². The molecule has 0 atom stereocenters. The summed E-state index contributed by atoms with van der Waals surface area (Å²) in [6, 6.07) is 5.91. The van der Waals surface area contributed by atoms with E-state index >= 15 is 0 Å². The van der Waals surface area contributed by atoms with Gasteiger partial charge in [0.15, 0.2) is 9.84 Å². The Morgan fingerprint density at radius 2 is 1.50 bits per heavy atom. The molecule has 16 heavy (non-hydrogen) atoms. The van der Waals surface area contributed by atoms with Crippen molar-refractivity contribution >= 4 is 32.4 Å². The lowest BCUT2D eigenvalue weighted by Gasteiger charge is -2.24. The highest BCUT2D eigenvalue weighted by Crippen LogP contribution is 2.52. The largest absolute Gasteiger partial charge is 0.227 e. The van der Waals surface area contributed by atoms with Crippen molar-refractivity contribution in [2.75, 3.05) is 0 Å². The monoisotopic (exact) mass is 350 g/mol. The van der Waals surface area contributed by atoms with Crippen molar-refractivity contribution < 1.29 is 8.42 Å². The second-order valence-corrected chi connectivity index (χ2v) is 9.51. The number of sulfone groups is 1. The lowest BCUT2D eigenvalue weighted by Crippen LogP contribution is -2.33. The lowest BCUT2D eigenvalue weighted by molar-refractivity contribution is 0.536. The van der Waals surface area contributed by atoms with Crippen LogP contribution in [0.2, 0.25) is 0 Å². The van der Waals surface area contributed by atoms with Crippen molar-refractivity contribution in [2.45, 2.75) is 37.2 Å². The summed E-state index contributed by atoms with van der Waals surface area (Å²) in [6.07, 6.45) is 0. The van der Waals surface area contributed by atoms with Crippen LogP contribution in [0.25, 0.3) is 0 Å². The molecule has 2 nitrogen and oxygen atoms in total. The Hall–Kier alpha value is -0.100. The molecule has 0 amide bonds. The Kier molecular flexibility index (Phi) is 2.49. The Morgan fingerprint density at radius 3 is 2.06 bits per heavy atom. The third-order valence-corrected chi connectivity index (χ3v) is 7.42. The first-order valence-electron chi connectivity index (χ1n) is 5.17. The topological polar surface area (TPSA) is 34.1 Å². The molecule has 2 rings (SSSR count). The SMILES string of the molecule is CC1(C)c2ccc(I)cc2C(C)(C)S1(=O)=O. The minimum absolute atomic E-state index is 0.782. The third-order valence-electron chi connectivity index (χ3n) is 3.62. The average Bonchev–Trinajstić information content (AvgIpc) is 2.24. The lowest BCUT2D eigenvalue weighted by atomic mass is 9.91. The van der Waals surface area contributed by atoms with Gasteiger partial charge in [0.2, 0.25) is 0 Å². The van der Waals surface area contributed by atoms with Gasteiger partial charge in [-0.05, 0) is 73.5 Å². The van der Waals surface area contributed by atoms with Crippen LogP contribution in [0, 0.1) is 3.57 Å². The van der Waals surface area contributed by atoms with Gasteiger partial charge in [-0.25, -0.2) is 8.42 Å². The fourth-order valence-corrected chi connectivity index (χ4v) is 5.16. The van der Waals surface area contributed by atoms with Gasteiger partial charge in [-0.2, -0.15) is 0 Å².